The van der Waals surface area contributed by atoms with E-state index in [-0.39, 0.29) is 18.1 Å². The van der Waals surface area contributed by atoms with Gasteiger partial charge in [0.15, 0.2) is 0 Å². The Hall–Kier alpha value is -2.89. The van der Waals surface area contributed by atoms with Crippen molar-refractivity contribution in [3.05, 3.63) is 71.0 Å². The van der Waals surface area contributed by atoms with Crippen molar-refractivity contribution in [2.24, 2.45) is 5.73 Å². The molecular formula is C19H22FN3O2. The van der Waals surface area contributed by atoms with Crippen LogP contribution in [0.25, 0.3) is 0 Å². The Labute approximate surface area is 146 Å². The normalized spacial score (nSPS) is 12.9. The topological polar surface area (TPSA) is 84.2 Å². The van der Waals surface area contributed by atoms with Gasteiger partial charge in [0.1, 0.15) is 5.82 Å². The van der Waals surface area contributed by atoms with Crippen molar-refractivity contribution in [1.82, 2.24) is 10.6 Å². The standard InChI is InChI=1S/C19H22FN3O2/c1-12-6-5-7-14(10-12)17(23-19(21)25)11-18(24)22-13(2)15-8-3-4-9-16(15)20/h3-10,13,17H,11H2,1-2H3,(H,22,24)(H3,21,23,25)/t13-,17-/m1/s1. The minimum atomic E-state index is -0.707. The predicted molar refractivity (Wildman–Crippen MR) is 94.2 cm³/mol. The van der Waals surface area contributed by atoms with Crippen LogP contribution in [-0.2, 0) is 4.79 Å². The summed E-state index contributed by atoms with van der Waals surface area (Å²) >= 11 is 0. The van der Waals surface area contributed by atoms with E-state index < -0.39 is 18.1 Å². The molecule has 25 heavy (non-hydrogen) atoms. The second-order valence-corrected chi connectivity index (χ2v) is 5.99. The van der Waals surface area contributed by atoms with E-state index in [1.807, 2.05) is 31.2 Å². The number of benzene rings is 2. The molecule has 2 aromatic rings. The summed E-state index contributed by atoms with van der Waals surface area (Å²) in [5.74, 6) is -0.684. The number of carbonyl (C=O) groups excluding carboxylic acids is 2. The number of rotatable bonds is 6. The van der Waals surface area contributed by atoms with Crippen LogP contribution in [0.15, 0.2) is 48.5 Å². The number of primary amides is 1. The Kier molecular flexibility index (Phi) is 6.11. The minimum Gasteiger partial charge on any atom is -0.352 e. The van der Waals surface area contributed by atoms with E-state index in [9.17, 15) is 14.0 Å². The summed E-state index contributed by atoms with van der Waals surface area (Å²) in [5.41, 5.74) is 7.43. The van der Waals surface area contributed by atoms with Gasteiger partial charge in [-0.3, -0.25) is 4.79 Å². The van der Waals surface area contributed by atoms with Gasteiger partial charge >= 0.3 is 6.03 Å². The third-order valence-electron chi connectivity index (χ3n) is 3.90. The van der Waals surface area contributed by atoms with Crippen LogP contribution in [0.2, 0.25) is 0 Å². The summed E-state index contributed by atoms with van der Waals surface area (Å²) in [7, 11) is 0. The number of urea groups is 1. The van der Waals surface area contributed by atoms with Gasteiger partial charge in [0.2, 0.25) is 5.91 Å². The Morgan fingerprint density at radius 1 is 1.12 bits per heavy atom. The van der Waals surface area contributed by atoms with Crippen molar-refractivity contribution in [3.63, 3.8) is 0 Å². The molecule has 2 aromatic carbocycles. The van der Waals surface area contributed by atoms with Gasteiger partial charge < -0.3 is 16.4 Å². The Balaban J connectivity index is 2.09. The Morgan fingerprint density at radius 2 is 1.84 bits per heavy atom. The van der Waals surface area contributed by atoms with Crippen molar-refractivity contribution in [1.29, 1.82) is 0 Å². The van der Waals surface area contributed by atoms with Crippen LogP contribution in [0.1, 0.15) is 42.1 Å². The molecule has 0 aromatic heterocycles. The molecule has 132 valence electrons. The van der Waals surface area contributed by atoms with E-state index in [4.69, 9.17) is 5.73 Å². The maximum absolute atomic E-state index is 13.8. The first-order chi connectivity index (χ1) is 11.9. The average molecular weight is 343 g/mol. The monoisotopic (exact) mass is 343 g/mol. The highest BCUT2D eigenvalue weighted by Crippen LogP contribution is 2.20. The summed E-state index contributed by atoms with van der Waals surface area (Å²) in [6, 6.07) is 12.0. The molecule has 0 saturated carbocycles. The molecule has 6 heteroatoms. The molecule has 0 unspecified atom stereocenters. The van der Waals surface area contributed by atoms with E-state index in [1.54, 1.807) is 25.1 Å². The molecule has 0 aliphatic carbocycles. The van der Waals surface area contributed by atoms with Crippen molar-refractivity contribution in [2.45, 2.75) is 32.4 Å². The summed E-state index contributed by atoms with van der Waals surface area (Å²) in [4.78, 5) is 23.6. The van der Waals surface area contributed by atoms with E-state index in [1.165, 1.54) is 6.07 Å². The number of nitrogens with one attached hydrogen (secondary N) is 2. The van der Waals surface area contributed by atoms with Crippen molar-refractivity contribution in [2.75, 3.05) is 0 Å². The second-order valence-electron chi connectivity index (χ2n) is 5.99. The molecule has 0 aliphatic heterocycles. The first kappa shape index (κ1) is 18.4. The highest BCUT2D eigenvalue weighted by molar-refractivity contribution is 5.79. The molecule has 0 bridgehead atoms. The molecule has 0 radical (unpaired) electrons. The van der Waals surface area contributed by atoms with Gasteiger partial charge in [-0.2, -0.15) is 0 Å². The summed E-state index contributed by atoms with van der Waals surface area (Å²) < 4.78 is 13.8. The van der Waals surface area contributed by atoms with Crippen LogP contribution in [0, 0.1) is 12.7 Å². The van der Waals surface area contributed by atoms with Gasteiger partial charge in [0.25, 0.3) is 0 Å². The fourth-order valence-corrected chi connectivity index (χ4v) is 2.70. The van der Waals surface area contributed by atoms with Crippen molar-refractivity contribution < 1.29 is 14.0 Å². The van der Waals surface area contributed by atoms with Crippen LogP contribution in [0.4, 0.5) is 9.18 Å². The van der Waals surface area contributed by atoms with Crippen LogP contribution >= 0.6 is 0 Å². The summed E-state index contributed by atoms with van der Waals surface area (Å²) in [5, 5.41) is 5.34. The number of amides is 3. The number of carbonyl (C=O) groups is 2. The highest BCUT2D eigenvalue weighted by atomic mass is 19.1. The van der Waals surface area contributed by atoms with Gasteiger partial charge in [-0.25, -0.2) is 9.18 Å². The molecular weight excluding hydrogens is 321 g/mol. The quantitative estimate of drug-likeness (QED) is 0.753. The lowest BCUT2D eigenvalue weighted by atomic mass is 10.0. The van der Waals surface area contributed by atoms with Crippen LogP contribution in [0.3, 0.4) is 0 Å². The zero-order valence-electron chi connectivity index (χ0n) is 14.3. The van der Waals surface area contributed by atoms with Crippen LogP contribution in [-0.4, -0.2) is 11.9 Å². The van der Waals surface area contributed by atoms with Crippen LogP contribution < -0.4 is 16.4 Å². The summed E-state index contributed by atoms with van der Waals surface area (Å²) in [6.45, 7) is 3.63. The fourth-order valence-electron chi connectivity index (χ4n) is 2.70. The first-order valence-electron chi connectivity index (χ1n) is 8.03. The average Bonchev–Trinajstić information content (AvgIpc) is 2.54. The van der Waals surface area contributed by atoms with Crippen molar-refractivity contribution >= 4 is 11.9 Å². The predicted octanol–water partition coefficient (Wildman–Crippen LogP) is 3.11. The molecule has 0 aliphatic rings. The maximum Gasteiger partial charge on any atom is 0.312 e. The van der Waals surface area contributed by atoms with Gasteiger partial charge in [0, 0.05) is 5.56 Å². The van der Waals surface area contributed by atoms with E-state index >= 15 is 0 Å². The minimum absolute atomic E-state index is 0.00514. The molecule has 5 nitrogen and oxygen atoms in total. The van der Waals surface area contributed by atoms with E-state index in [0.29, 0.717) is 5.56 Å². The van der Waals surface area contributed by atoms with Gasteiger partial charge in [-0.1, -0.05) is 48.0 Å². The smallest absolute Gasteiger partial charge is 0.312 e. The second kappa shape index (κ2) is 8.28. The SMILES string of the molecule is Cc1cccc([C@@H](CC(=O)N[C@H](C)c2ccccc2F)NC(N)=O)c1. The zero-order valence-corrected chi connectivity index (χ0v) is 14.3. The fraction of sp³-hybridized carbons (Fsp3) is 0.263. The number of nitrogens with two attached hydrogens (primary N) is 1. The Morgan fingerprint density at radius 3 is 2.48 bits per heavy atom. The molecule has 0 saturated heterocycles. The van der Waals surface area contributed by atoms with Gasteiger partial charge in [-0.05, 0) is 25.5 Å². The maximum atomic E-state index is 13.8. The molecule has 3 amide bonds. The molecule has 2 rings (SSSR count). The highest BCUT2D eigenvalue weighted by Gasteiger charge is 2.20. The lowest BCUT2D eigenvalue weighted by Gasteiger charge is -2.20. The molecule has 0 fully saturated rings. The van der Waals surface area contributed by atoms with Crippen LogP contribution in [0.5, 0.6) is 0 Å². The number of hydrogen-bond donors (Lipinski definition) is 3. The van der Waals surface area contributed by atoms with Gasteiger partial charge in [-0.15, -0.1) is 0 Å². The lowest BCUT2D eigenvalue weighted by molar-refractivity contribution is -0.122. The number of halogens is 1. The molecule has 0 spiro atoms. The third-order valence-corrected chi connectivity index (χ3v) is 3.90. The third kappa shape index (κ3) is 5.31. The number of hydrogen-bond acceptors (Lipinski definition) is 2. The molecule has 0 heterocycles. The molecule has 2 atom stereocenters. The largest absolute Gasteiger partial charge is 0.352 e. The summed E-state index contributed by atoms with van der Waals surface area (Å²) in [6.07, 6.45) is 0.00514. The van der Waals surface area contributed by atoms with E-state index in [2.05, 4.69) is 10.6 Å². The van der Waals surface area contributed by atoms with Crippen molar-refractivity contribution in [3.8, 4) is 0 Å². The van der Waals surface area contributed by atoms with E-state index in [0.717, 1.165) is 11.1 Å². The molecule has 4 N–H and O–H groups in total. The first-order valence-corrected chi connectivity index (χ1v) is 8.03. The number of aryl methyl sites for hydroxylation is 1. The van der Waals surface area contributed by atoms with Gasteiger partial charge in [0.05, 0.1) is 18.5 Å². The lowest BCUT2D eigenvalue weighted by Crippen LogP contribution is -2.37. The zero-order chi connectivity index (χ0) is 18.4. The Bertz CT molecular complexity index is 764.